The molecule has 0 aromatic heterocycles. The minimum absolute atomic E-state index is 0.576. The molecule has 1 rings (SSSR count). The van der Waals surface area contributed by atoms with E-state index in [9.17, 15) is 0 Å². The molecule has 0 aromatic rings. The Labute approximate surface area is 51.4 Å². The standard InChI is InChI=1S/C5H10IN/c1-2-5(7)6-3-4-6/h7H,2-4H2,1H3. The summed E-state index contributed by atoms with van der Waals surface area (Å²) in [6, 6.07) is 0. The SMILES string of the molecule is CCC(=N)I1CC1. The van der Waals surface area contributed by atoms with Gasteiger partial charge in [0.2, 0.25) is 0 Å². The topological polar surface area (TPSA) is 23.9 Å². The Morgan fingerprint density at radius 2 is 2.29 bits per heavy atom. The number of rotatable bonds is 2. The van der Waals surface area contributed by atoms with E-state index in [0.717, 1.165) is 10.1 Å². The first-order valence-electron chi connectivity index (χ1n) is 2.53. The van der Waals surface area contributed by atoms with Crippen LogP contribution in [-0.4, -0.2) is 12.6 Å². The minimum atomic E-state index is -0.576. The van der Waals surface area contributed by atoms with Crippen LogP contribution in [0.4, 0.5) is 0 Å². The number of halogens is 1. The van der Waals surface area contributed by atoms with Crippen molar-refractivity contribution in [2.24, 2.45) is 0 Å². The molecule has 1 N–H and O–H groups in total. The normalized spacial score (nSPS) is 22.1. The van der Waals surface area contributed by atoms with E-state index in [2.05, 4.69) is 6.92 Å². The van der Waals surface area contributed by atoms with E-state index in [1.807, 2.05) is 0 Å². The molecule has 42 valence electrons. The van der Waals surface area contributed by atoms with E-state index in [1.165, 1.54) is 8.86 Å². The molecule has 0 unspecified atom stereocenters. The summed E-state index contributed by atoms with van der Waals surface area (Å²) in [4.78, 5) is 0. The fourth-order valence-electron chi connectivity index (χ4n) is 0.453. The summed E-state index contributed by atoms with van der Waals surface area (Å²) in [5, 5.41) is 7.32. The van der Waals surface area contributed by atoms with Crippen molar-refractivity contribution in [1.82, 2.24) is 0 Å². The number of hydrogen-bond donors (Lipinski definition) is 1. The first-order valence-corrected chi connectivity index (χ1v) is 6.66. The van der Waals surface area contributed by atoms with Gasteiger partial charge >= 0.3 is 51.1 Å². The van der Waals surface area contributed by atoms with Crippen LogP contribution in [0, 0.1) is 5.41 Å². The summed E-state index contributed by atoms with van der Waals surface area (Å²) in [7, 11) is 0. The molecule has 1 aliphatic rings. The maximum absolute atomic E-state index is 7.32. The van der Waals surface area contributed by atoms with E-state index in [1.54, 1.807) is 0 Å². The van der Waals surface area contributed by atoms with E-state index in [0.29, 0.717) is 0 Å². The van der Waals surface area contributed by atoms with Crippen molar-refractivity contribution in [1.29, 1.82) is 5.41 Å². The maximum atomic E-state index is 7.32. The van der Waals surface area contributed by atoms with Crippen LogP contribution < -0.4 is 0 Å². The number of hydrogen-bond acceptors (Lipinski definition) is 1. The molecule has 0 spiro atoms. The molecule has 1 fully saturated rings. The van der Waals surface area contributed by atoms with Crippen LogP contribution in [0.1, 0.15) is 13.3 Å². The third-order valence-electron chi connectivity index (χ3n) is 1.01. The van der Waals surface area contributed by atoms with Crippen molar-refractivity contribution < 1.29 is 0 Å². The Morgan fingerprint density at radius 3 is 2.43 bits per heavy atom. The predicted octanol–water partition coefficient (Wildman–Crippen LogP) is 1.89. The van der Waals surface area contributed by atoms with Gasteiger partial charge in [0.25, 0.3) is 0 Å². The second kappa shape index (κ2) is 2.11. The summed E-state index contributed by atoms with van der Waals surface area (Å²) in [6.07, 6.45) is 1.03. The van der Waals surface area contributed by atoms with Crippen molar-refractivity contribution >= 4 is 23.5 Å². The second-order valence-corrected chi connectivity index (χ2v) is 7.66. The first kappa shape index (κ1) is 5.54. The van der Waals surface area contributed by atoms with Crippen LogP contribution in [0.5, 0.6) is 0 Å². The van der Waals surface area contributed by atoms with Crippen molar-refractivity contribution in [3.63, 3.8) is 0 Å². The summed E-state index contributed by atoms with van der Waals surface area (Å²) in [5.74, 6) is 0. The van der Waals surface area contributed by atoms with E-state index in [4.69, 9.17) is 5.41 Å². The van der Waals surface area contributed by atoms with Gasteiger partial charge in [-0.3, -0.25) is 0 Å². The molecule has 0 radical (unpaired) electrons. The molecule has 1 heterocycles. The van der Waals surface area contributed by atoms with Crippen LogP contribution >= 0.6 is 19.8 Å². The van der Waals surface area contributed by atoms with Crippen LogP contribution in [0.15, 0.2) is 0 Å². The quantitative estimate of drug-likeness (QED) is 0.409. The zero-order valence-corrected chi connectivity index (χ0v) is 6.66. The molecule has 1 nitrogen and oxygen atoms in total. The van der Waals surface area contributed by atoms with E-state index >= 15 is 0 Å². The molecule has 0 aliphatic carbocycles. The summed E-state index contributed by atoms with van der Waals surface area (Å²) in [5.41, 5.74) is 0. The molecule has 0 saturated carbocycles. The molecule has 2 heteroatoms. The Hall–Kier alpha value is 0.400. The van der Waals surface area contributed by atoms with Gasteiger partial charge < -0.3 is 0 Å². The monoisotopic (exact) mass is 211 g/mol. The average Bonchev–Trinajstić information content (AvgIpc) is 2.44. The zero-order valence-electron chi connectivity index (χ0n) is 4.50. The summed E-state index contributed by atoms with van der Waals surface area (Å²) >= 11 is -0.576. The average molecular weight is 211 g/mol. The fourth-order valence-corrected chi connectivity index (χ4v) is 4.41. The van der Waals surface area contributed by atoms with Gasteiger partial charge in [-0.1, -0.05) is 0 Å². The van der Waals surface area contributed by atoms with Crippen LogP contribution in [0.2, 0.25) is 0 Å². The summed E-state index contributed by atoms with van der Waals surface area (Å²) in [6.45, 7) is 2.10. The second-order valence-electron chi connectivity index (χ2n) is 1.59. The van der Waals surface area contributed by atoms with Gasteiger partial charge in [-0.2, -0.15) is 0 Å². The Kier molecular flexibility index (Phi) is 1.67. The van der Waals surface area contributed by atoms with E-state index < -0.39 is 19.8 Å². The molecular weight excluding hydrogens is 201 g/mol. The van der Waals surface area contributed by atoms with Gasteiger partial charge in [0.1, 0.15) is 0 Å². The van der Waals surface area contributed by atoms with Gasteiger partial charge in [0.15, 0.2) is 0 Å². The molecule has 7 heavy (non-hydrogen) atoms. The Morgan fingerprint density at radius 1 is 1.71 bits per heavy atom. The van der Waals surface area contributed by atoms with E-state index in [-0.39, 0.29) is 0 Å². The molecule has 0 amide bonds. The van der Waals surface area contributed by atoms with Crippen LogP contribution in [0.25, 0.3) is 0 Å². The van der Waals surface area contributed by atoms with Crippen LogP contribution in [0.3, 0.4) is 0 Å². The van der Waals surface area contributed by atoms with Gasteiger partial charge in [0, 0.05) is 0 Å². The third-order valence-corrected chi connectivity index (χ3v) is 5.77. The molecule has 0 aromatic carbocycles. The zero-order chi connectivity index (χ0) is 5.28. The van der Waals surface area contributed by atoms with Gasteiger partial charge in [0.05, 0.1) is 0 Å². The molecule has 1 saturated heterocycles. The van der Waals surface area contributed by atoms with Crippen molar-refractivity contribution in [3.05, 3.63) is 0 Å². The third kappa shape index (κ3) is 1.40. The predicted molar refractivity (Wildman–Crippen MR) is 41.8 cm³/mol. The van der Waals surface area contributed by atoms with Crippen molar-refractivity contribution in [3.8, 4) is 0 Å². The first-order chi connectivity index (χ1) is 3.34. The molecular formula is C5H10IN. The van der Waals surface area contributed by atoms with Gasteiger partial charge in [-0.05, 0) is 0 Å². The van der Waals surface area contributed by atoms with Crippen molar-refractivity contribution in [2.75, 3.05) is 8.86 Å². The molecule has 0 atom stereocenters. The fraction of sp³-hybridized carbons (Fsp3) is 0.800. The molecule has 0 bridgehead atoms. The molecule has 1 aliphatic heterocycles. The van der Waals surface area contributed by atoms with Gasteiger partial charge in [-0.15, -0.1) is 0 Å². The number of alkyl halides is 2. The van der Waals surface area contributed by atoms with Crippen LogP contribution in [-0.2, 0) is 0 Å². The Bertz CT molecular complexity index is 86.1. The number of nitrogens with one attached hydrogen (secondary N) is 1. The Balaban J connectivity index is 2.24. The summed E-state index contributed by atoms with van der Waals surface area (Å²) < 4.78 is 4.00. The van der Waals surface area contributed by atoms with Crippen molar-refractivity contribution in [2.45, 2.75) is 13.3 Å². The van der Waals surface area contributed by atoms with Gasteiger partial charge in [-0.25, -0.2) is 0 Å².